The second-order valence-corrected chi connectivity index (χ2v) is 21.3. The van der Waals surface area contributed by atoms with Crippen molar-refractivity contribution in [2.75, 3.05) is 13.2 Å². The second kappa shape index (κ2) is 16.1. The Bertz CT molecular complexity index is 1520. The summed E-state index contributed by atoms with van der Waals surface area (Å²) in [6, 6.07) is 0. The zero-order valence-corrected chi connectivity index (χ0v) is 36.1. The zero-order valence-electron chi connectivity index (χ0n) is 36.1. The van der Waals surface area contributed by atoms with Crippen molar-refractivity contribution >= 4 is 5.97 Å². The van der Waals surface area contributed by atoms with Crippen molar-refractivity contribution in [2.45, 2.75) is 200 Å². The number of rotatable bonds is 11. The number of carbonyl (C=O) groups is 1. The maximum absolute atomic E-state index is 13.8. The van der Waals surface area contributed by atoms with Crippen LogP contribution in [0.25, 0.3) is 0 Å². The van der Waals surface area contributed by atoms with Gasteiger partial charge in [0, 0.05) is 0 Å². The second-order valence-electron chi connectivity index (χ2n) is 21.3. The zero-order chi connectivity index (χ0) is 43.1. The monoisotopic (exact) mass is 827 g/mol. The van der Waals surface area contributed by atoms with E-state index in [-0.39, 0.29) is 28.6 Å². The first-order valence-electron chi connectivity index (χ1n) is 21.8. The van der Waals surface area contributed by atoms with E-state index in [0.717, 1.165) is 37.7 Å². The van der Waals surface area contributed by atoms with Gasteiger partial charge in [-0.1, -0.05) is 66.5 Å². The third-order valence-corrected chi connectivity index (χ3v) is 17.2. The van der Waals surface area contributed by atoms with Crippen molar-refractivity contribution in [3.05, 3.63) is 11.1 Å². The Kier molecular flexibility index (Phi) is 12.9. The SMILES string of the molecule is C[C@H](CCC(C)(O)C(C)(C)C)[C@H]1CC[C@@]2(C(=O)O)C3=C(CC[C@]12C)[C@@]1(C)CCC(O[C@@H]2O[C@H](CO)[C@H](O)[C@H](O)[C@H]2O[C@@H]2O[C@H](CO)[C@H](O)[C@H](O)[C@H]2O)C(C)(C)[C@@H]1CC3. The molecular weight excluding hydrogens is 752 g/mol. The Morgan fingerprint density at radius 2 is 1.38 bits per heavy atom. The van der Waals surface area contributed by atoms with Gasteiger partial charge in [0.2, 0.25) is 0 Å². The Morgan fingerprint density at radius 3 is 1.97 bits per heavy atom. The van der Waals surface area contributed by atoms with Crippen LogP contribution in [0.3, 0.4) is 0 Å². The number of hydrogen-bond acceptors (Lipinski definition) is 13. The molecule has 14 nitrogen and oxygen atoms in total. The first-order valence-corrected chi connectivity index (χ1v) is 21.8. The molecule has 0 amide bonds. The summed E-state index contributed by atoms with van der Waals surface area (Å²) in [4.78, 5) is 13.8. The predicted molar refractivity (Wildman–Crippen MR) is 211 cm³/mol. The summed E-state index contributed by atoms with van der Waals surface area (Å²) >= 11 is 0. The fourth-order valence-electron chi connectivity index (χ4n) is 12.9. The van der Waals surface area contributed by atoms with Crippen LogP contribution in [0.2, 0.25) is 0 Å². The number of hydrogen-bond donors (Lipinski definition) is 9. The molecule has 0 aromatic rings. The molecule has 58 heavy (non-hydrogen) atoms. The van der Waals surface area contributed by atoms with E-state index in [2.05, 4.69) is 55.4 Å². The van der Waals surface area contributed by atoms with Gasteiger partial charge in [-0.2, -0.15) is 0 Å². The number of carboxylic acids is 1. The highest BCUT2D eigenvalue weighted by Gasteiger charge is 2.68. The van der Waals surface area contributed by atoms with Crippen molar-refractivity contribution in [1.29, 1.82) is 0 Å². The van der Waals surface area contributed by atoms with E-state index in [4.69, 9.17) is 18.9 Å². The van der Waals surface area contributed by atoms with Crippen LogP contribution >= 0.6 is 0 Å². The van der Waals surface area contributed by atoms with Gasteiger partial charge >= 0.3 is 5.97 Å². The van der Waals surface area contributed by atoms with Crippen molar-refractivity contribution in [3.63, 3.8) is 0 Å². The summed E-state index contributed by atoms with van der Waals surface area (Å²) < 4.78 is 24.3. The van der Waals surface area contributed by atoms with Gasteiger partial charge in [-0.25, -0.2) is 0 Å². The fraction of sp³-hybridized carbons (Fsp3) is 0.932. The lowest BCUT2D eigenvalue weighted by atomic mass is 9.43. The maximum Gasteiger partial charge on any atom is 0.314 e. The van der Waals surface area contributed by atoms with Crippen LogP contribution in [0, 0.1) is 44.8 Å². The summed E-state index contributed by atoms with van der Waals surface area (Å²) in [5, 5.41) is 96.0. The molecule has 2 unspecified atom stereocenters. The smallest absolute Gasteiger partial charge is 0.314 e. The molecule has 14 heteroatoms. The van der Waals surface area contributed by atoms with E-state index in [9.17, 15) is 50.8 Å². The molecule has 0 aromatic carbocycles. The highest BCUT2D eigenvalue weighted by molar-refractivity contribution is 5.82. The van der Waals surface area contributed by atoms with Gasteiger partial charge < -0.3 is 64.9 Å². The number of aliphatic hydroxyl groups is 8. The summed E-state index contributed by atoms with van der Waals surface area (Å²) in [6.07, 6.45) is -8.63. The van der Waals surface area contributed by atoms with Crippen LogP contribution in [-0.4, -0.2) is 138 Å². The molecule has 334 valence electrons. The average Bonchev–Trinajstić information content (AvgIpc) is 3.48. The maximum atomic E-state index is 13.8. The minimum Gasteiger partial charge on any atom is -0.481 e. The molecule has 4 fully saturated rings. The van der Waals surface area contributed by atoms with Crippen LogP contribution in [0.15, 0.2) is 11.1 Å². The summed E-state index contributed by atoms with van der Waals surface area (Å²) in [5.41, 5.74) is -0.915. The topological polar surface area (TPSA) is 236 Å². The van der Waals surface area contributed by atoms with E-state index in [1.807, 2.05) is 6.92 Å². The fourth-order valence-corrected chi connectivity index (χ4v) is 12.9. The minimum atomic E-state index is -1.77. The molecule has 9 N–H and O–H groups in total. The minimum absolute atomic E-state index is 0.0843. The van der Waals surface area contributed by atoms with E-state index in [1.165, 1.54) is 5.57 Å². The molecule has 0 radical (unpaired) electrons. The molecule has 6 rings (SSSR count). The van der Waals surface area contributed by atoms with Gasteiger partial charge in [0.1, 0.15) is 48.8 Å². The first kappa shape index (κ1) is 46.2. The van der Waals surface area contributed by atoms with Crippen LogP contribution < -0.4 is 0 Å². The van der Waals surface area contributed by atoms with Crippen LogP contribution in [0.5, 0.6) is 0 Å². The molecule has 6 aliphatic rings. The predicted octanol–water partition coefficient (Wildman–Crippen LogP) is 3.02. The van der Waals surface area contributed by atoms with E-state index in [0.29, 0.717) is 32.1 Å². The standard InChI is InChI=1S/C44H74O14/c1-22(12-18-43(9,54)39(2,3)4)23-14-19-44(38(52)53)25-10-11-28-40(5,6)29(15-16-41(28,7)24(25)13-17-42(23,44)8)57-37-35(33(50)31(48)27(21-46)56-37)58-36-34(51)32(49)30(47)26(20-45)55-36/h22-23,26-37,45-51,54H,10-21H2,1-9H3,(H,52,53)/t22-,23-,26-,27-,28+,29?,30+,31+,32+,33+,34-,35-,36+,37+,41-,42-,43?,44+/m1/s1. The number of carboxylic acid groups (broad SMARTS) is 1. The molecule has 18 atom stereocenters. The van der Waals surface area contributed by atoms with E-state index in [1.54, 1.807) is 0 Å². The Morgan fingerprint density at radius 1 is 0.776 bits per heavy atom. The third kappa shape index (κ3) is 7.24. The normalized spacial score (nSPS) is 47.1. The van der Waals surface area contributed by atoms with Crippen molar-refractivity contribution in [3.8, 4) is 0 Å². The molecule has 0 aromatic heterocycles. The summed E-state index contributed by atoms with van der Waals surface area (Å²) in [5.74, 6) is -0.178. The van der Waals surface area contributed by atoms with Gasteiger partial charge in [-0.15, -0.1) is 0 Å². The number of allylic oxidation sites excluding steroid dienone is 1. The van der Waals surface area contributed by atoms with Gasteiger partial charge in [0.05, 0.1) is 30.3 Å². The third-order valence-electron chi connectivity index (χ3n) is 17.2. The van der Waals surface area contributed by atoms with E-state index < -0.39 is 109 Å². The van der Waals surface area contributed by atoms with Crippen molar-refractivity contribution in [1.82, 2.24) is 0 Å². The number of fused-ring (bicyclic) bond motifs is 4. The number of ether oxygens (including phenoxy) is 4. The lowest BCUT2D eigenvalue weighted by Gasteiger charge is -2.62. The largest absolute Gasteiger partial charge is 0.481 e. The number of aliphatic hydroxyl groups excluding tert-OH is 7. The van der Waals surface area contributed by atoms with Gasteiger partial charge in [0.15, 0.2) is 12.6 Å². The lowest BCUT2D eigenvalue weighted by molar-refractivity contribution is -0.377. The molecule has 4 aliphatic carbocycles. The van der Waals surface area contributed by atoms with Crippen LogP contribution in [-0.2, 0) is 23.7 Å². The highest BCUT2D eigenvalue weighted by atomic mass is 16.8. The molecule has 2 heterocycles. The van der Waals surface area contributed by atoms with Crippen LogP contribution in [0.1, 0.15) is 127 Å². The Labute approximate surface area is 343 Å². The molecule has 0 bridgehead atoms. The number of aliphatic carboxylic acids is 1. The lowest BCUT2D eigenvalue weighted by Crippen LogP contribution is -2.65. The van der Waals surface area contributed by atoms with Gasteiger partial charge in [-0.3, -0.25) is 4.79 Å². The van der Waals surface area contributed by atoms with Gasteiger partial charge in [-0.05, 0) is 111 Å². The van der Waals surface area contributed by atoms with Crippen molar-refractivity contribution in [2.24, 2.45) is 44.8 Å². The Hall–Kier alpha value is -1.27. The molecule has 2 saturated carbocycles. The highest BCUT2D eigenvalue weighted by Crippen LogP contribution is 2.73. The first-order chi connectivity index (χ1) is 26.8. The van der Waals surface area contributed by atoms with E-state index >= 15 is 0 Å². The molecule has 2 saturated heterocycles. The van der Waals surface area contributed by atoms with Gasteiger partial charge in [0.25, 0.3) is 0 Å². The summed E-state index contributed by atoms with van der Waals surface area (Å²) in [6.45, 7) is 17.8. The quantitative estimate of drug-likeness (QED) is 0.136. The summed E-state index contributed by atoms with van der Waals surface area (Å²) in [7, 11) is 0. The molecule has 0 spiro atoms. The Balaban J connectivity index is 1.25. The van der Waals surface area contributed by atoms with Crippen LogP contribution in [0.4, 0.5) is 0 Å². The van der Waals surface area contributed by atoms with Crippen molar-refractivity contribution < 1.29 is 69.7 Å². The average molecular weight is 827 g/mol. The molecular formula is C44H74O14. The molecule has 2 aliphatic heterocycles.